The zero-order valence-electron chi connectivity index (χ0n) is 17.3. The van der Waals surface area contributed by atoms with Crippen molar-refractivity contribution in [2.75, 3.05) is 13.1 Å². The van der Waals surface area contributed by atoms with Crippen molar-refractivity contribution in [3.05, 3.63) is 59.5 Å². The molecular weight excluding hydrogens is 378 g/mol. The van der Waals surface area contributed by atoms with Gasteiger partial charge >= 0.3 is 0 Å². The summed E-state index contributed by atoms with van der Waals surface area (Å²) in [6, 6.07) is 11.6. The Morgan fingerprint density at radius 1 is 1.13 bits per heavy atom. The van der Waals surface area contributed by atoms with Gasteiger partial charge in [-0.3, -0.25) is 9.78 Å². The SMILES string of the molecule is Cc1ccc(O[C@@H]2C[C@@H]3CN(C(=O)c4ccc5[nH]ccc5c4)C[C@@H]3C[C@H]2O)c(C)n1. The van der Waals surface area contributed by atoms with Crippen molar-refractivity contribution in [1.82, 2.24) is 14.9 Å². The molecule has 30 heavy (non-hydrogen) atoms. The standard InChI is InChI=1S/C24H27N3O3/c1-14-3-6-22(15(2)26-14)30-23-11-19-13-27(12-18(19)10-21(23)28)24(29)17-4-5-20-16(9-17)7-8-25-20/h3-9,18-19,21,23,25,28H,10-13H2,1-2H3/t18-,19+,21+,23+/m0/s1. The van der Waals surface area contributed by atoms with Crippen molar-refractivity contribution in [3.8, 4) is 5.75 Å². The number of aliphatic hydroxyl groups excluding tert-OH is 1. The first-order valence-electron chi connectivity index (χ1n) is 10.6. The maximum absolute atomic E-state index is 13.1. The quantitative estimate of drug-likeness (QED) is 0.699. The van der Waals surface area contributed by atoms with Gasteiger partial charge in [-0.1, -0.05) is 0 Å². The molecule has 0 unspecified atom stereocenters. The number of aromatic nitrogens is 2. The van der Waals surface area contributed by atoms with Gasteiger partial charge in [0.05, 0.1) is 11.8 Å². The maximum atomic E-state index is 13.1. The lowest BCUT2D eigenvalue weighted by atomic mass is 9.78. The number of amides is 1. The van der Waals surface area contributed by atoms with Gasteiger partial charge in [0.25, 0.3) is 5.91 Å². The number of nitrogens with one attached hydrogen (secondary N) is 1. The zero-order chi connectivity index (χ0) is 20.8. The fourth-order valence-corrected chi connectivity index (χ4v) is 5.01. The number of ether oxygens (including phenoxy) is 1. The monoisotopic (exact) mass is 405 g/mol. The second-order valence-corrected chi connectivity index (χ2v) is 8.74. The highest BCUT2D eigenvalue weighted by Crippen LogP contribution is 2.38. The van der Waals surface area contributed by atoms with Gasteiger partial charge in [-0.25, -0.2) is 0 Å². The van der Waals surface area contributed by atoms with Crippen molar-refractivity contribution >= 4 is 16.8 Å². The molecule has 6 heteroatoms. The first-order valence-corrected chi connectivity index (χ1v) is 10.6. The number of carbonyl (C=O) groups is 1. The minimum atomic E-state index is -0.529. The van der Waals surface area contributed by atoms with Crippen LogP contribution in [0.1, 0.15) is 34.6 Å². The molecule has 0 bridgehead atoms. The number of aromatic amines is 1. The van der Waals surface area contributed by atoms with E-state index < -0.39 is 6.10 Å². The van der Waals surface area contributed by atoms with Crippen LogP contribution >= 0.6 is 0 Å². The maximum Gasteiger partial charge on any atom is 0.253 e. The Bertz CT molecular complexity index is 1090. The van der Waals surface area contributed by atoms with Crippen molar-refractivity contribution in [3.63, 3.8) is 0 Å². The van der Waals surface area contributed by atoms with E-state index in [0.29, 0.717) is 31.3 Å². The Morgan fingerprint density at radius 3 is 2.73 bits per heavy atom. The van der Waals surface area contributed by atoms with Crippen LogP contribution in [0.5, 0.6) is 5.75 Å². The van der Waals surface area contributed by atoms with E-state index in [1.54, 1.807) is 0 Å². The summed E-state index contributed by atoms with van der Waals surface area (Å²) < 4.78 is 6.16. The van der Waals surface area contributed by atoms with Gasteiger partial charge in [-0.15, -0.1) is 0 Å². The Morgan fingerprint density at radius 2 is 1.93 bits per heavy atom. The largest absolute Gasteiger partial charge is 0.486 e. The molecule has 1 aromatic carbocycles. The minimum Gasteiger partial charge on any atom is -0.486 e. The van der Waals surface area contributed by atoms with Crippen LogP contribution in [0, 0.1) is 25.7 Å². The van der Waals surface area contributed by atoms with Crippen LogP contribution in [0.15, 0.2) is 42.6 Å². The highest BCUT2D eigenvalue weighted by Gasteiger charge is 2.44. The lowest BCUT2D eigenvalue weighted by Crippen LogP contribution is -2.42. The molecule has 3 aromatic rings. The summed E-state index contributed by atoms with van der Waals surface area (Å²) in [6.07, 6.45) is 2.50. The number of H-pyrrole nitrogens is 1. The summed E-state index contributed by atoms with van der Waals surface area (Å²) in [4.78, 5) is 22.7. The molecule has 1 amide bonds. The van der Waals surface area contributed by atoms with E-state index in [2.05, 4.69) is 9.97 Å². The van der Waals surface area contributed by atoms with Crippen LogP contribution in [-0.2, 0) is 0 Å². The molecule has 6 nitrogen and oxygen atoms in total. The highest BCUT2D eigenvalue weighted by molar-refractivity contribution is 5.98. The van der Waals surface area contributed by atoms with Crippen LogP contribution in [0.2, 0.25) is 0 Å². The third kappa shape index (κ3) is 3.45. The summed E-state index contributed by atoms with van der Waals surface area (Å²) >= 11 is 0. The Kier molecular flexibility index (Phi) is 4.74. The number of likely N-dealkylation sites (tertiary alicyclic amines) is 1. The average molecular weight is 405 g/mol. The Balaban J connectivity index is 1.28. The molecular formula is C24H27N3O3. The van der Waals surface area contributed by atoms with Crippen molar-refractivity contribution in [2.24, 2.45) is 11.8 Å². The van der Waals surface area contributed by atoms with Crippen molar-refractivity contribution in [2.45, 2.75) is 38.9 Å². The molecule has 2 aliphatic rings. The first-order chi connectivity index (χ1) is 14.5. The molecule has 2 aromatic heterocycles. The predicted molar refractivity (Wildman–Crippen MR) is 115 cm³/mol. The number of aryl methyl sites for hydroxylation is 2. The third-order valence-corrected chi connectivity index (χ3v) is 6.63. The summed E-state index contributed by atoms with van der Waals surface area (Å²) in [7, 11) is 0. The molecule has 1 saturated heterocycles. The van der Waals surface area contributed by atoms with E-state index in [4.69, 9.17) is 4.74 Å². The number of rotatable bonds is 3. The second kappa shape index (κ2) is 7.43. The van der Waals surface area contributed by atoms with Gasteiger partial charge in [-0.2, -0.15) is 0 Å². The Hall–Kier alpha value is -2.86. The number of benzene rings is 1. The summed E-state index contributed by atoms with van der Waals surface area (Å²) in [5, 5.41) is 11.8. The Labute approximate surface area is 175 Å². The molecule has 0 radical (unpaired) electrons. The van der Waals surface area contributed by atoms with E-state index >= 15 is 0 Å². The number of carbonyl (C=O) groups excluding carboxylic acids is 1. The van der Waals surface area contributed by atoms with E-state index in [9.17, 15) is 9.90 Å². The van der Waals surface area contributed by atoms with Crippen LogP contribution in [-0.4, -0.2) is 51.2 Å². The lowest BCUT2D eigenvalue weighted by Gasteiger charge is -2.35. The van der Waals surface area contributed by atoms with Gasteiger partial charge in [0, 0.05) is 41.4 Å². The van der Waals surface area contributed by atoms with Crippen molar-refractivity contribution in [1.29, 1.82) is 0 Å². The van der Waals surface area contributed by atoms with E-state index in [-0.39, 0.29) is 12.0 Å². The third-order valence-electron chi connectivity index (χ3n) is 6.63. The zero-order valence-corrected chi connectivity index (χ0v) is 17.3. The molecule has 3 heterocycles. The highest BCUT2D eigenvalue weighted by atomic mass is 16.5. The number of nitrogens with zero attached hydrogens (tertiary/aromatic N) is 2. The fraction of sp³-hybridized carbons (Fsp3) is 0.417. The van der Waals surface area contributed by atoms with Crippen LogP contribution in [0.4, 0.5) is 0 Å². The van der Waals surface area contributed by atoms with Crippen LogP contribution in [0.3, 0.4) is 0 Å². The molecule has 1 aliphatic carbocycles. The topological polar surface area (TPSA) is 78.5 Å². The second-order valence-electron chi connectivity index (χ2n) is 8.74. The number of aliphatic hydroxyl groups is 1. The van der Waals surface area contributed by atoms with Gasteiger partial charge in [-0.05, 0) is 74.9 Å². The molecule has 1 saturated carbocycles. The molecule has 2 fully saturated rings. The molecule has 5 rings (SSSR count). The van der Waals surface area contributed by atoms with E-state index in [0.717, 1.165) is 40.0 Å². The smallest absolute Gasteiger partial charge is 0.253 e. The van der Waals surface area contributed by atoms with Gasteiger partial charge in [0.15, 0.2) is 0 Å². The molecule has 4 atom stereocenters. The molecule has 0 spiro atoms. The molecule has 156 valence electrons. The number of pyridine rings is 1. The molecule has 1 aliphatic heterocycles. The number of hydrogen-bond donors (Lipinski definition) is 2. The van der Waals surface area contributed by atoms with Gasteiger partial charge in [0.1, 0.15) is 11.9 Å². The van der Waals surface area contributed by atoms with Gasteiger partial charge < -0.3 is 19.7 Å². The number of fused-ring (bicyclic) bond motifs is 2. The summed E-state index contributed by atoms with van der Waals surface area (Å²) in [5.41, 5.74) is 3.54. The normalized spacial score (nSPS) is 26.0. The predicted octanol–water partition coefficient (Wildman–Crippen LogP) is 3.47. The first kappa shape index (κ1) is 19.1. The van der Waals surface area contributed by atoms with Crippen molar-refractivity contribution < 1.29 is 14.6 Å². The lowest BCUT2D eigenvalue weighted by molar-refractivity contribution is -0.0236. The molecule has 2 N–H and O–H groups in total. The summed E-state index contributed by atoms with van der Waals surface area (Å²) in [6.45, 7) is 5.29. The van der Waals surface area contributed by atoms with Crippen LogP contribution in [0.25, 0.3) is 10.9 Å². The summed E-state index contributed by atoms with van der Waals surface area (Å²) in [5.74, 6) is 1.46. The average Bonchev–Trinajstić information content (AvgIpc) is 3.35. The van der Waals surface area contributed by atoms with E-state index in [1.165, 1.54) is 0 Å². The van der Waals surface area contributed by atoms with E-state index in [1.807, 2.05) is 61.3 Å². The fourth-order valence-electron chi connectivity index (χ4n) is 5.01. The minimum absolute atomic E-state index is 0.0676. The van der Waals surface area contributed by atoms with Gasteiger partial charge in [0.2, 0.25) is 0 Å². The van der Waals surface area contributed by atoms with Crippen LogP contribution < -0.4 is 4.74 Å². The number of hydrogen-bond acceptors (Lipinski definition) is 4.